The largest absolute Gasteiger partial charge is 0.368 e. The maximum absolute atomic E-state index is 12.4. The topological polar surface area (TPSA) is 61.4 Å². The molecule has 31 heavy (non-hydrogen) atoms. The van der Waals surface area contributed by atoms with Crippen molar-refractivity contribution in [3.05, 3.63) is 72.1 Å². The monoisotopic (exact) mass is 433 g/mol. The molecular formula is C24H27N5OS. The number of para-hydroxylation sites is 1. The molecule has 2 aromatic carbocycles. The van der Waals surface area contributed by atoms with Crippen molar-refractivity contribution in [2.24, 2.45) is 0 Å². The normalized spacial score (nSPS) is 13.9. The third kappa shape index (κ3) is 5.35. The fourth-order valence-electron chi connectivity index (χ4n) is 3.63. The van der Waals surface area contributed by atoms with Crippen LogP contribution in [0.15, 0.2) is 66.0 Å². The molecule has 160 valence electrons. The van der Waals surface area contributed by atoms with Crippen molar-refractivity contribution in [3.63, 3.8) is 0 Å². The van der Waals surface area contributed by atoms with Crippen LogP contribution in [0.3, 0.4) is 0 Å². The summed E-state index contributed by atoms with van der Waals surface area (Å²) < 4.78 is 0. The van der Waals surface area contributed by atoms with E-state index in [0.29, 0.717) is 5.75 Å². The number of thioether (sulfide) groups is 1. The van der Waals surface area contributed by atoms with Gasteiger partial charge >= 0.3 is 0 Å². The molecule has 2 heterocycles. The molecule has 0 aliphatic carbocycles. The van der Waals surface area contributed by atoms with E-state index in [9.17, 15) is 4.79 Å². The number of hydrogen-bond donors (Lipinski definition) is 1. The first kappa shape index (κ1) is 21.2. The Hall–Kier alpha value is -3.06. The van der Waals surface area contributed by atoms with Crippen molar-refractivity contribution >= 4 is 34.9 Å². The summed E-state index contributed by atoms with van der Waals surface area (Å²) in [7, 11) is 0. The molecule has 1 aromatic heterocycles. The highest BCUT2D eigenvalue weighted by molar-refractivity contribution is 7.99. The zero-order valence-corrected chi connectivity index (χ0v) is 18.7. The fourth-order valence-corrected chi connectivity index (χ4v) is 4.29. The summed E-state index contributed by atoms with van der Waals surface area (Å²) in [4.78, 5) is 25.9. The lowest BCUT2D eigenvalue weighted by Gasteiger charge is -2.36. The SMILES string of the molecule is Cc1cccc(NC(=O)CSc2cc(N3CCN(c4ccccc4)CC3)ncn2)c1C. The van der Waals surface area contributed by atoms with Gasteiger partial charge in [-0.2, -0.15) is 0 Å². The first-order valence-corrected chi connectivity index (χ1v) is 11.4. The number of amides is 1. The van der Waals surface area contributed by atoms with Crippen LogP contribution >= 0.6 is 11.8 Å². The van der Waals surface area contributed by atoms with E-state index in [1.54, 1.807) is 6.33 Å². The highest BCUT2D eigenvalue weighted by atomic mass is 32.2. The number of piperazine rings is 1. The molecule has 1 N–H and O–H groups in total. The lowest BCUT2D eigenvalue weighted by atomic mass is 10.1. The van der Waals surface area contributed by atoms with E-state index in [1.807, 2.05) is 44.2 Å². The van der Waals surface area contributed by atoms with Gasteiger partial charge in [-0.25, -0.2) is 9.97 Å². The lowest BCUT2D eigenvalue weighted by molar-refractivity contribution is -0.113. The van der Waals surface area contributed by atoms with Gasteiger partial charge in [0.15, 0.2) is 0 Å². The van der Waals surface area contributed by atoms with Crippen LogP contribution in [-0.4, -0.2) is 47.8 Å². The maximum Gasteiger partial charge on any atom is 0.234 e. The van der Waals surface area contributed by atoms with Gasteiger partial charge in [0.2, 0.25) is 5.91 Å². The zero-order chi connectivity index (χ0) is 21.6. The van der Waals surface area contributed by atoms with Gasteiger partial charge in [0.1, 0.15) is 17.2 Å². The van der Waals surface area contributed by atoms with Crippen LogP contribution in [0, 0.1) is 13.8 Å². The predicted octanol–water partition coefficient (Wildman–Crippen LogP) is 4.15. The van der Waals surface area contributed by atoms with Gasteiger partial charge in [-0.3, -0.25) is 4.79 Å². The standard InChI is InChI=1S/C24H27N5OS/c1-18-7-6-10-21(19(18)2)27-23(30)16-31-24-15-22(25-17-26-24)29-13-11-28(12-14-29)20-8-4-3-5-9-20/h3-10,15,17H,11-14,16H2,1-2H3,(H,27,30). The molecule has 1 fully saturated rings. The molecule has 0 spiro atoms. The number of nitrogens with zero attached hydrogens (tertiary/aromatic N) is 4. The van der Waals surface area contributed by atoms with Crippen molar-refractivity contribution in [1.29, 1.82) is 0 Å². The molecule has 0 saturated carbocycles. The zero-order valence-electron chi connectivity index (χ0n) is 17.9. The van der Waals surface area contributed by atoms with Crippen molar-refractivity contribution in [3.8, 4) is 0 Å². The number of hydrogen-bond acceptors (Lipinski definition) is 6. The summed E-state index contributed by atoms with van der Waals surface area (Å²) in [5.41, 5.74) is 4.39. The third-order valence-electron chi connectivity index (χ3n) is 5.58. The van der Waals surface area contributed by atoms with Crippen LogP contribution in [0.25, 0.3) is 0 Å². The van der Waals surface area contributed by atoms with Crippen LogP contribution in [0.5, 0.6) is 0 Å². The number of anilines is 3. The van der Waals surface area contributed by atoms with Crippen LogP contribution in [-0.2, 0) is 4.79 Å². The number of aromatic nitrogens is 2. The van der Waals surface area contributed by atoms with E-state index >= 15 is 0 Å². The Morgan fingerprint density at radius 3 is 2.48 bits per heavy atom. The molecule has 0 bridgehead atoms. The molecule has 4 rings (SSSR count). The lowest BCUT2D eigenvalue weighted by Crippen LogP contribution is -2.46. The summed E-state index contributed by atoms with van der Waals surface area (Å²) in [6.07, 6.45) is 1.59. The summed E-state index contributed by atoms with van der Waals surface area (Å²) in [6, 6.07) is 18.4. The second kappa shape index (κ2) is 9.83. The van der Waals surface area contributed by atoms with Crippen LogP contribution in [0.2, 0.25) is 0 Å². The van der Waals surface area contributed by atoms with Crippen molar-refractivity contribution in [2.75, 3.05) is 47.0 Å². The molecule has 7 heteroatoms. The van der Waals surface area contributed by atoms with E-state index in [-0.39, 0.29) is 5.91 Å². The number of carbonyl (C=O) groups excluding carboxylic acids is 1. The molecule has 6 nitrogen and oxygen atoms in total. The predicted molar refractivity (Wildman–Crippen MR) is 128 cm³/mol. The smallest absolute Gasteiger partial charge is 0.234 e. The average molecular weight is 434 g/mol. The summed E-state index contributed by atoms with van der Waals surface area (Å²) in [6.45, 7) is 7.78. The molecule has 0 atom stereocenters. The van der Waals surface area contributed by atoms with Crippen LogP contribution in [0.4, 0.5) is 17.2 Å². The molecular weight excluding hydrogens is 406 g/mol. The van der Waals surface area contributed by atoms with E-state index < -0.39 is 0 Å². The van der Waals surface area contributed by atoms with Gasteiger partial charge in [0.25, 0.3) is 0 Å². The molecule has 1 amide bonds. The first-order valence-electron chi connectivity index (χ1n) is 10.5. The van der Waals surface area contributed by atoms with Gasteiger partial charge in [0.05, 0.1) is 5.75 Å². The Kier molecular flexibility index (Phi) is 6.72. The van der Waals surface area contributed by atoms with Crippen LogP contribution in [0.1, 0.15) is 11.1 Å². The van der Waals surface area contributed by atoms with E-state index in [1.165, 1.54) is 23.0 Å². The number of nitrogens with one attached hydrogen (secondary N) is 1. The van der Waals surface area contributed by atoms with E-state index in [0.717, 1.165) is 48.3 Å². The Balaban J connectivity index is 1.31. The number of benzene rings is 2. The van der Waals surface area contributed by atoms with Gasteiger partial charge in [0, 0.05) is 43.6 Å². The molecule has 1 saturated heterocycles. The summed E-state index contributed by atoms with van der Waals surface area (Å²) in [5, 5.41) is 3.81. The maximum atomic E-state index is 12.4. The Morgan fingerprint density at radius 2 is 1.71 bits per heavy atom. The van der Waals surface area contributed by atoms with Crippen molar-refractivity contribution < 1.29 is 4.79 Å². The first-order chi connectivity index (χ1) is 15.1. The minimum absolute atomic E-state index is 0.0321. The Bertz CT molecular complexity index is 1040. The van der Waals surface area contributed by atoms with Gasteiger partial charge in [-0.15, -0.1) is 0 Å². The van der Waals surface area contributed by atoms with Crippen molar-refractivity contribution in [2.45, 2.75) is 18.9 Å². The van der Waals surface area contributed by atoms with Gasteiger partial charge < -0.3 is 15.1 Å². The minimum atomic E-state index is -0.0321. The summed E-state index contributed by atoms with van der Waals surface area (Å²) in [5.74, 6) is 1.20. The van der Waals surface area contributed by atoms with Crippen LogP contribution < -0.4 is 15.1 Å². The third-order valence-corrected chi connectivity index (χ3v) is 6.51. The molecule has 0 radical (unpaired) electrons. The highest BCUT2D eigenvalue weighted by Gasteiger charge is 2.19. The number of carbonyl (C=O) groups is 1. The molecule has 0 unspecified atom stereocenters. The van der Waals surface area contributed by atoms with Crippen molar-refractivity contribution in [1.82, 2.24) is 9.97 Å². The van der Waals surface area contributed by atoms with Gasteiger partial charge in [-0.05, 0) is 43.2 Å². The highest BCUT2D eigenvalue weighted by Crippen LogP contribution is 2.23. The van der Waals surface area contributed by atoms with E-state index in [2.05, 4.69) is 49.4 Å². The molecule has 1 aliphatic heterocycles. The summed E-state index contributed by atoms with van der Waals surface area (Å²) >= 11 is 1.43. The average Bonchev–Trinajstić information content (AvgIpc) is 2.82. The molecule has 3 aromatic rings. The van der Waals surface area contributed by atoms with E-state index in [4.69, 9.17) is 0 Å². The Morgan fingerprint density at radius 1 is 0.968 bits per heavy atom. The second-order valence-corrected chi connectivity index (χ2v) is 8.60. The Labute approximate surface area is 187 Å². The quantitative estimate of drug-likeness (QED) is 0.465. The van der Waals surface area contributed by atoms with Gasteiger partial charge in [-0.1, -0.05) is 42.1 Å². The second-order valence-electron chi connectivity index (χ2n) is 7.61. The minimum Gasteiger partial charge on any atom is -0.368 e. The number of rotatable bonds is 6. The molecule has 1 aliphatic rings. The number of aryl methyl sites for hydroxylation is 1. The fraction of sp³-hybridized carbons (Fsp3) is 0.292.